The monoisotopic (exact) mass is 458 g/mol. The molecule has 1 spiro atoms. The van der Waals surface area contributed by atoms with Crippen LogP contribution in [0.1, 0.15) is 60.5 Å². The summed E-state index contributed by atoms with van der Waals surface area (Å²) in [5, 5.41) is 23.3. The molecular weight excluding hydrogens is 427 g/mol. The van der Waals surface area contributed by atoms with E-state index in [0.717, 1.165) is 36.7 Å². The molecule has 7 heteroatoms. The van der Waals surface area contributed by atoms with Gasteiger partial charge in [0.25, 0.3) is 0 Å². The lowest BCUT2D eigenvalue weighted by molar-refractivity contribution is -0.198. The Labute approximate surface area is 201 Å². The SMILES string of the molecule is Cc1ncc(CO)c([C@@H](c2ccccc2)N2CC3(CCCCC3)OB(c3ccccc3)O2)c1O. The van der Waals surface area contributed by atoms with Gasteiger partial charge in [0.05, 0.1) is 30.5 Å². The van der Waals surface area contributed by atoms with Crippen LogP contribution in [0.4, 0.5) is 0 Å². The van der Waals surface area contributed by atoms with Crippen LogP contribution in [-0.2, 0) is 16.0 Å². The molecule has 2 aromatic carbocycles. The molecule has 1 aromatic heterocycles. The first-order chi connectivity index (χ1) is 16.6. The number of aryl methyl sites for hydroxylation is 1. The van der Waals surface area contributed by atoms with Gasteiger partial charge in [-0.1, -0.05) is 79.9 Å². The number of benzene rings is 2. The van der Waals surface area contributed by atoms with Crippen molar-refractivity contribution < 1.29 is 19.6 Å². The number of aromatic nitrogens is 1. The van der Waals surface area contributed by atoms with Crippen molar-refractivity contribution in [2.75, 3.05) is 6.54 Å². The summed E-state index contributed by atoms with van der Waals surface area (Å²) in [6, 6.07) is 19.6. The number of pyridine rings is 1. The highest BCUT2D eigenvalue weighted by Crippen LogP contribution is 2.43. The van der Waals surface area contributed by atoms with Crippen LogP contribution in [0.3, 0.4) is 0 Å². The van der Waals surface area contributed by atoms with Crippen LogP contribution in [0.5, 0.6) is 5.75 Å². The number of hydroxylamine groups is 2. The maximum atomic E-state index is 11.2. The predicted octanol–water partition coefficient (Wildman–Crippen LogP) is 4.04. The van der Waals surface area contributed by atoms with Gasteiger partial charge in [-0.25, -0.2) is 0 Å². The van der Waals surface area contributed by atoms with Gasteiger partial charge in [0.1, 0.15) is 5.75 Å². The van der Waals surface area contributed by atoms with Crippen LogP contribution in [0.2, 0.25) is 0 Å². The van der Waals surface area contributed by atoms with E-state index in [2.05, 4.69) is 4.98 Å². The highest BCUT2D eigenvalue weighted by molar-refractivity contribution is 6.61. The summed E-state index contributed by atoms with van der Waals surface area (Å²) in [7, 11) is -0.554. The topological polar surface area (TPSA) is 75.1 Å². The zero-order valence-corrected chi connectivity index (χ0v) is 19.6. The van der Waals surface area contributed by atoms with Crippen LogP contribution in [-0.4, -0.2) is 39.5 Å². The number of aromatic hydroxyl groups is 1. The van der Waals surface area contributed by atoms with E-state index in [-0.39, 0.29) is 18.0 Å². The van der Waals surface area contributed by atoms with Crippen LogP contribution in [0, 0.1) is 6.92 Å². The Balaban J connectivity index is 1.64. The Morgan fingerprint density at radius 2 is 1.71 bits per heavy atom. The van der Waals surface area contributed by atoms with E-state index in [4.69, 9.17) is 9.41 Å². The average Bonchev–Trinajstić information content (AvgIpc) is 2.88. The van der Waals surface area contributed by atoms with E-state index in [1.54, 1.807) is 13.1 Å². The summed E-state index contributed by atoms with van der Waals surface area (Å²) >= 11 is 0. The summed E-state index contributed by atoms with van der Waals surface area (Å²) < 4.78 is 13.2. The highest BCUT2D eigenvalue weighted by atomic mass is 16.7. The third-order valence-electron chi connectivity index (χ3n) is 7.07. The van der Waals surface area contributed by atoms with Crippen LogP contribution in [0.25, 0.3) is 0 Å². The van der Waals surface area contributed by atoms with Crippen molar-refractivity contribution in [3.8, 4) is 5.75 Å². The van der Waals surface area contributed by atoms with Gasteiger partial charge in [-0.2, -0.15) is 5.06 Å². The standard InChI is InChI=1S/C27H31BN2O4/c1-20-26(32)24(22(18-31)17-29-20)25(21-11-5-2-6-12-21)30-19-27(15-9-4-10-16-27)33-28(34-30)23-13-7-3-8-14-23/h2-3,5-8,11-14,17,25,31-32H,4,9-10,15-16,18-19H2,1H3/t25-/m1/s1. The quantitative estimate of drug-likeness (QED) is 0.563. The third-order valence-corrected chi connectivity index (χ3v) is 7.07. The van der Waals surface area contributed by atoms with Gasteiger partial charge in [0.15, 0.2) is 0 Å². The largest absolute Gasteiger partial charge is 0.511 e. The van der Waals surface area contributed by atoms with Gasteiger partial charge in [0, 0.05) is 17.3 Å². The summed E-state index contributed by atoms with van der Waals surface area (Å²) in [5.41, 5.74) is 3.33. The second-order valence-corrected chi connectivity index (χ2v) is 9.39. The van der Waals surface area contributed by atoms with Crippen molar-refractivity contribution in [2.45, 2.75) is 57.3 Å². The van der Waals surface area contributed by atoms with E-state index in [9.17, 15) is 10.2 Å². The minimum Gasteiger partial charge on any atom is -0.506 e. The first-order valence-corrected chi connectivity index (χ1v) is 12.1. The molecule has 1 aliphatic heterocycles. The molecule has 0 unspecified atom stereocenters. The molecule has 34 heavy (non-hydrogen) atoms. The van der Waals surface area contributed by atoms with Gasteiger partial charge in [0.2, 0.25) is 0 Å². The summed E-state index contributed by atoms with van der Waals surface area (Å²) in [6.07, 6.45) is 7.02. The Kier molecular flexibility index (Phi) is 6.70. The van der Waals surface area contributed by atoms with Gasteiger partial charge in [-0.15, -0.1) is 0 Å². The van der Waals surface area contributed by atoms with Crippen LogP contribution in [0.15, 0.2) is 66.9 Å². The van der Waals surface area contributed by atoms with E-state index in [1.807, 2.05) is 65.7 Å². The van der Waals surface area contributed by atoms with Gasteiger partial charge >= 0.3 is 7.12 Å². The molecule has 2 heterocycles. The molecule has 176 valence electrons. The Bertz CT molecular complexity index is 1110. The minimum atomic E-state index is -0.554. The molecule has 1 saturated carbocycles. The number of nitrogens with zero attached hydrogens (tertiary/aromatic N) is 2. The molecule has 0 amide bonds. The van der Waals surface area contributed by atoms with Gasteiger partial charge < -0.3 is 19.6 Å². The fourth-order valence-corrected chi connectivity index (χ4v) is 5.29. The maximum Gasteiger partial charge on any atom is 0.511 e. The Hall–Kier alpha value is -2.71. The molecule has 5 rings (SSSR count). The van der Waals surface area contributed by atoms with Crippen molar-refractivity contribution in [1.29, 1.82) is 0 Å². The molecule has 6 nitrogen and oxygen atoms in total. The summed E-state index contributed by atoms with van der Waals surface area (Å²) in [4.78, 5) is 4.28. The molecular formula is C27H31BN2O4. The highest BCUT2D eigenvalue weighted by Gasteiger charge is 2.48. The zero-order valence-electron chi connectivity index (χ0n) is 19.6. The summed E-state index contributed by atoms with van der Waals surface area (Å²) in [6.45, 7) is 2.12. The van der Waals surface area contributed by atoms with Crippen molar-refractivity contribution in [1.82, 2.24) is 10.0 Å². The number of hydrogen-bond donors (Lipinski definition) is 2. The van der Waals surface area contributed by atoms with Crippen LogP contribution < -0.4 is 5.46 Å². The smallest absolute Gasteiger partial charge is 0.506 e. The molecule has 1 atom stereocenters. The molecule has 2 aliphatic rings. The van der Waals surface area contributed by atoms with Crippen molar-refractivity contribution in [3.05, 3.63) is 89.2 Å². The molecule has 0 radical (unpaired) electrons. The number of hydrogen-bond acceptors (Lipinski definition) is 6. The predicted molar refractivity (Wildman–Crippen MR) is 131 cm³/mol. The lowest BCUT2D eigenvalue weighted by atomic mass is 9.74. The number of aliphatic hydroxyl groups excluding tert-OH is 1. The first kappa shape index (κ1) is 23.1. The molecule has 2 fully saturated rings. The molecule has 1 aliphatic carbocycles. The fraction of sp³-hybridized carbons (Fsp3) is 0.370. The molecule has 2 N–H and O–H groups in total. The van der Waals surface area contributed by atoms with Crippen LogP contribution >= 0.6 is 0 Å². The second-order valence-electron chi connectivity index (χ2n) is 9.39. The zero-order chi connectivity index (χ0) is 23.5. The lowest BCUT2D eigenvalue weighted by Crippen LogP contribution is -2.61. The summed E-state index contributed by atoms with van der Waals surface area (Å²) in [5.74, 6) is 0.0875. The molecule has 3 aromatic rings. The van der Waals surface area contributed by atoms with Gasteiger partial charge in [-0.3, -0.25) is 4.98 Å². The van der Waals surface area contributed by atoms with Crippen molar-refractivity contribution >= 4 is 12.6 Å². The fourth-order valence-electron chi connectivity index (χ4n) is 5.29. The van der Waals surface area contributed by atoms with Gasteiger partial charge in [-0.05, 0) is 30.8 Å². The average molecular weight is 458 g/mol. The number of aliphatic hydroxyl groups is 1. The second kappa shape index (κ2) is 9.88. The lowest BCUT2D eigenvalue weighted by Gasteiger charge is -2.49. The normalized spacial score (nSPS) is 19.3. The van der Waals surface area contributed by atoms with E-state index < -0.39 is 13.2 Å². The minimum absolute atomic E-state index is 0.0875. The maximum absolute atomic E-state index is 11.2. The third kappa shape index (κ3) is 4.49. The number of rotatable bonds is 5. The van der Waals surface area contributed by atoms with E-state index >= 15 is 0 Å². The molecule has 0 bridgehead atoms. The van der Waals surface area contributed by atoms with E-state index in [1.165, 1.54) is 6.42 Å². The van der Waals surface area contributed by atoms with E-state index in [0.29, 0.717) is 23.4 Å². The Morgan fingerprint density at radius 3 is 2.38 bits per heavy atom. The first-order valence-electron chi connectivity index (χ1n) is 12.1. The van der Waals surface area contributed by atoms with Crippen molar-refractivity contribution in [2.24, 2.45) is 0 Å². The molecule has 1 saturated heterocycles. The van der Waals surface area contributed by atoms with Crippen molar-refractivity contribution in [3.63, 3.8) is 0 Å². The Morgan fingerprint density at radius 1 is 1.03 bits per heavy atom.